The van der Waals surface area contributed by atoms with Gasteiger partial charge in [-0.05, 0) is 38.3 Å². The Bertz CT molecular complexity index is 219. The molecule has 0 aromatic carbocycles. The van der Waals surface area contributed by atoms with E-state index in [2.05, 4.69) is 45.0 Å². The Balaban J connectivity index is 2.37. The first kappa shape index (κ1) is 15.9. The molecule has 2 atom stereocenters. The van der Waals surface area contributed by atoms with Crippen LogP contribution in [0.4, 0.5) is 0 Å². The minimum absolute atomic E-state index is 0.303. The number of nitrogens with one attached hydrogen (secondary N) is 1. The van der Waals surface area contributed by atoms with Crippen LogP contribution in [0.5, 0.6) is 0 Å². The molecule has 0 radical (unpaired) electrons. The lowest BCUT2D eigenvalue weighted by atomic mass is 9.86. The molecule has 108 valence electrons. The van der Waals surface area contributed by atoms with Gasteiger partial charge in [0, 0.05) is 25.7 Å². The smallest absolute Gasteiger partial charge is 0.0701 e. The third kappa shape index (κ3) is 5.68. The van der Waals surface area contributed by atoms with Gasteiger partial charge in [0.2, 0.25) is 0 Å². The first-order chi connectivity index (χ1) is 8.43. The van der Waals surface area contributed by atoms with E-state index in [-0.39, 0.29) is 0 Å². The minimum Gasteiger partial charge on any atom is -0.377 e. The average Bonchev–Trinajstić information content (AvgIpc) is 2.28. The molecule has 1 heterocycles. The van der Waals surface area contributed by atoms with Gasteiger partial charge < -0.3 is 15.0 Å². The summed E-state index contributed by atoms with van der Waals surface area (Å²) < 4.78 is 5.81. The molecule has 0 aliphatic carbocycles. The van der Waals surface area contributed by atoms with E-state index in [0.29, 0.717) is 17.6 Å². The lowest BCUT2D eigenvalue weighted by Crippen LogP contribution is -2.49. The molecule has 0 aromatic rings. The molecule has 0 aromatic heterocycles. The summed E-state index contributed by atoms with van der Waals surface area (Å²) in [4.78, 5) is 2.43. The monoisotopic (exact) mass is 256 g/mol. The summed E-state index contributed by atoms with van der Waals surface area (Å²) in [7, 11) is 2.22. The van der Waals surface area contributed by atoms with Crippen LogP contribution in [0.15, 0.2) is 0 Å². The molecule has 0 spiro atoms. The fourth-order valence-electron chi connectivity index (χ4n) is 2.58. The Hall–Kier alpha value is -0.120. The molecule has 1 saturated heterocycles. The van der Waals surface area contributed by atoms with Gasteiger partial charge in [0.05, 0.1) is 6.10 Å². The Morgan fingerprint density at radius 1 is 1.33 bits per heavy atom. The van der Waals surface area contributed by atoms with Crippen LogP contribution in [0.1, 0.15) is 47.0 Å². The highest BCUT2D eigenvalue weighted by atomic mass is 16.5. The maximum atomic E-state index is 5.81. The fraction of sp³-hybridized carbons (Fsp3) is 1.00. The zero-order valence-electron chi connectivity index (χ0n) is 13.0. The number of hydrogen-bond acceptors (Lipinski definition) is 3. The average molecular weight is 256 g/mol. The molecule has 1 fully saturated rings. The largest absolute Gasteiger partial charge is 0.377 e. The van der Waals surface area contributed by atoms with Crippen molar-refractivity contribution in [2.24, 2.45) is 5.41 Å². The van der Waals surface area contributed by atoms with Gasteiger partial charge in [-0.1, -0.05) is 27.7 Å². The van der Waals surface area contributed by atoms with Crippen molar-refractivity contribution in [3.8, 4) is 0 Å². The molecule has 18 heavy (non-hydrogen) atoms. The van der Waals surface area contributed by atoms with E-state index in [9.17, 15) is 0 Å². The van der Waals surface area contributed by atoms with Crippen LogP contribution in [0.3, 0.4) is 0 Å². The highest BCUT2D eigenvalue weighted by Gasteiger charge is 2.26. The lowest BCUT2D eigenvalue weighted by Gasteiger charge is -2.36. The van der Waals surface area contributed by atoms with Crippen LogP contribution in [0.2, 0.25) is 0 Å². The third-order valence-electron chi connectivity index (χ3n) is 3.78. The predicted octanol–water partition coefficient (Wildman–Crippen LogP) is 2.51. The second kappa shape index (κ2) is 7.46. The van der Waals surface area contributed by atoms with E-state index in [1.54, 1.807) is 0 Å². The Morgan fingerprint density at radius 3 is 2.56 bits per heavy atom. The highest BCUT2D eigenvalue weighted by molar-refractivity contribution is 4.83. The molecule has 1 N–H and O–H groups in total. The molecule has 1 aliphatic heterocycles. The van der Waals surface area contributed by atoms with Gasteiger partial charge in [-0.2, -0.15) is 0 Å². The molecule has 3 heteroatoms. The molecular weight excluding hydrogens is 224 g/mol. The van der Waals surface area contributed by atoms with Crippen molar-refractivity contribution in [2.75, 3.05) is 33.3 Å². The fourth-order valence-corrected chi connectivity index (χ4v) is 2.58. The van der Waals surface area contributed by atoms with Crippen molar-refractivity contribution in [1.29, 1.82) is 0 Å². The predicted molar refractivity (Wildman–Crippen MR) is 78.0 cm³/mol. The molecule has 2 unspecified atom stereocenters. The van der Waals surface area contributed by atoms with Crippen LogP contribution in [-0.2, 0) is 4.74 Å². The normalized spacial score (nSPS) is 23.3. The quantitative estimate of drug-likeness (QED) is 0.790. The zero-order chi connectivity index (χ0) is 13.6. The summed E-state index contributed by atoms with van der Waals surface area (Å²) in [5.41, 5.74) is 0.303. The van der Waals surface area contributed by atoms with Crippen molar-refractivity contribution in [3.05, 3.63) is 0 Å². The van der Waals surface area contributed by atoms with E-state index in [4.69, 9.17) is 4.74 Å². The lowest BCUT2D eigenvalue weighted by molar-refractivity contribution is -0.00449. The first-order valence-electron chi connectivity index (χ1n) is 7.47. The van der Waals surface area contributed by atoms with Crippen LogP contribution >= 0.6 is 0 Å². The number of ether oxygens (including phenoxy) is 1. The van der Waals surface area contributed by atoms with Crippen LogP contribution in [0, 0.1) is 5.41 Å². The molecule has 1 aliphatic rings. The van der Waals surface area contributed by atoms with E-state index in [1.807, 2.05) is 0 Å². The summed E-state index contributed by atoms with van der Waals surface area (Å²) in [5, 5.41) is 3.61. The molecular formula is C15H32N2O. The van der Waals surface area contributed by atoms with Crippen LogP contribution in [-0.4, -0.2) is 50.3 Å². The van der Waals surface area contributed by atoms with E-state index >= 15 is 0 Å². The molecule has 0 amide bonds. The highest BCUT2D eigenvalue weighted by Crippen LogP contribution is 2.20. The van der Waals surface area contributed by atoms with E-state index in [0.717, 1.165) is 26.2 Å². The standard InChI is InChI=1S/C15H32N2O/c1-6-16-14(15(2,3)4)12-17(5)11-13-9-7-8-10-18-13/h13-14,16H,6-12H2,1-5H3. The summed E-state index contributed by atoms with van der Waals surface area (Å²) in [5.74, 6) is 0. The molecule has 0 saturated carbocycles. The number of likely N-dealkylation sites (N-methyl/N-ethyl adjacent to an activating group) is 2. The minimum atomic E-state index is 0.303. The van der Waals surface area contributed by atoms with Gasteiger partial charge in [-0.15, -0.1) is 0 Å². The van der Waals surface area contributed by atoms with Gasteiger partial charge >= 0.3 is 0 Å². The molecule has 0 bridgehead atoms. The van der Waals surface area contributed by atoms with Crippen LogP contribution < -0.4 is 5.32 Å². The Kier molecular flexibility index (Phi) is 6.61. The number of rotatable bonds is 6. The molecule has 1 rings (SSSR count). The Labute approximate surface area is 113 Å². The molecule has 3 nitrogen and oxygen atoms in total. The SMILES string of the molecule is CCNC(CN(C)CC1CCCCO1)C(C)(C)C. The Morgan fingerprint density at radius 2 is 2.06 bits per heavy atom. The number of nitrogens with zero attached hydrogens (tertiary/aromatic N) is 1. The van der Waals surface area contributed by atoms with Crippen molar-refractivity contribution in [1.82, 2.24) is 10.2 Å². The van der Waals surface area contributed by atoms with Crippen molar-refractivity contribution in [2.45, 2.75) is 59.1 Å². The third-order valence-corrected chi connectivity index (χ3v) is 3.78. The van der Waals surface area contributed by atoms with Crippen molar-refractivity contribution < 1.29 is 4.74 Å². The summed E-state index contributed by atoms with van der Waals surface area (Å²) in [6.07, 6.45) is 4.24. The van der Waals surface area contributed by atoms with E-state index < -0.39 is 0 Å². The maximum absolute atomic E-state index is 5.81. The van der Waals surface area contributed by atoms with Crippen molar-refractivity contribution in [3.63, 3.8) is 0 Å². The van der Waals surface area contributed by atoms with Crippen LogP contribution in [0.25, 0.3) is 0 Å². The maximum Gasteiger partial charge on any atom is 0.0701 e. The second-order valence-electron chi connectivity index (χ2n) is 6.69. The zero-order valence-corrected chi connectivity index (χ0v) is 13.0. The summed E-state index contributed by atoms with van der Waals surface area (Å²) >= 11 is 0. The van der Waals surface area contributed by atoms with Gasteiger partial charge in [0.1, 0.15) is 0 Å². The van der Waals surface area contributed by atoms with Gasteiger partial charge in [-0.25, -0.2) is 0 Å². The van der Waals surface area contributed by atoms with E-state index in [1.165, 1.54) is 19.3 Å². The summed E-state index contributed by atoms with van der Waals surface area (Å²) in [6.45, 7) is 13.3. The second-order valence-corrected chi connectivity index (χ2v) is 6.69. The van der Waals surface area contributed by atoms with Crippen molar-refractivity contribution >= 4 is 0 Å². The van der Waals surface area contributed by atoms with Gasteiger partial charge in [-0.3, -0.25) is 0 Å². The van der Waals surface area contributed by atoms with Gasteiger partial charge in [0.15, 0.2) is 0 Å². The number of hydrogen-bond donors (Lipinski definition) is 1. The topological polar surface area (TPSA) is 24.5 Å². The first-order valence-corrected chi connectivity index (χ1v) is 7.47. The summed E-state index contributed by atoms with van der Waals surface area (Å²) in [6, 6.07) is 0.538. The van der Waals surface area contributed by atoms with Gasteiger partial charge in [0.25, 0.3) is 0 Å².